The van der Waals surface area contributed by atoms with Crippen LogP contribution in [0.1, 0.15) is 15.2 Å². The smallest absolute Gasteiger partial charge is 0.265 e. The van der Waals surface area contributed by atoms with Crippen LogP contribution < -0.4 is 5.32 Å². The number of hydrogen-bond donors (Lipinski definition) is 1. The number of nitrogens with zero attached hydrogens (tertiary/aromatic N) is 2. The highest BCUT2D eigenvalue weighted by molar-refractivity contribution is 7.12. The van der Waals surface area contributed by atoms with Crippen LogP contribution >= 0.6 is 11.3 Å². The van der Waals surface area contributed by atoms with E-state index in [1.807, 2.05) is 36.6 Å². The molecule has 2 aromatic heterocycles. The molecule has 1 amide bonds. The molecule has 0 spiro atoms. The summed E-state index contributed by atoms with van der Waals surface area (Å²) >= 11 is 1.43. The molecule has 6 heteroatoms. The maximum atomic E-state index is 12.1. The summed E-state index contributed by atoms with van der Waals surface area (Å²) in [5.41, 5.74) is 2.43. The van der Waals surface area contributed by atoms with Gasteiger partial charge in [0, 0.05) is 11.3 Å². The second-order valence-corrected chi connectivity index (χ2v) is 5.13. The largest absolute Gasteiger partial charge is 0.423 e. The maximum Gasteiger partial charge on any atom is 0.265 e. The van der Waals surface area contributed by atoms with E-state index in [0.29, 0.717) is 16.5 Å². The summed E-state index contributed by atoms with van der Waals surface area (Å²) in [6.45, 7) is 1.92. The fourth-order valence-electron chi connectivity index (χ4n) is 1.82. The van der Waals surface area contributed by atoms with Crippen LogP contribution in [0.25, 0.3) is 11.5 Å². The van der Waals surface area contributed by atoms with Gasteiger partial charge in [-0.1, -0.05) is 6.07 Å². The first kappa shape index (κ1) is 12.6. The van der Waals surface area contributed by atoms with Gasteiger partial charge in [-0.2, -0.15) is 0 Å². The van der Waals surface area contributed by atoms with Crippen molar-refractivity contribution in [3.05, 3.63) is 52.5 Å². The number of benzene rings is 1. The number of hydrogen-bond acceptors (Lipinski definition) is 5. The minimum absolute atomic E-state index is 0.111. The third-order valence-corrected chi connectivity index (χ3v) is 3.81. The highest BCUT2D eigenvalue weighted by Gasteiger charge is 2.11. The van der Waals surface area contributed by atoms with Crippen molar-refractivity contribution < 1.29 is 9.21 Å². The molecule has 3 rings (SSSR count). The Bertz CT molecular complexity index is 734. The van der Waals surface area contributed by atoms with Gasteiger partial charge in [0.25, 0.3) is 5.91 Å². The SMILES string of the molecule is Cc1ccsc1C(=O)Nc1cccc(-c2nnco2)c1. The molecular formula is C14H11N3O2S. The van der Waals surface area contributed by atoms with Crippen LogP contribution in [-0.2, 0) is 0 Å². The molecule has 0 aliphatic heterocycles. The Kier molecular flexibility index (Phi) is 3.30. The van der Waals surface area contributed by atoms with Gasteiger partial charge in [0.05, 0.1) is 4.88 Å². The average molecular weight is 285 g/mol. The van der Waals surface area contributed by atoms with E-state index in [2.05, 4.69) is 15.5 Å². The van der Waals surface area contributed by atoms with Gasteiger partial charge in [0.2, 0.25) is 12.3 Å². The quantitative estimate of drug-likeness (QED) is 0.801. The minimum Gasteiger partial charge on any atom is -0.423 e. The lowest BCUT2D eigenvalue weighted by molar-refractivity contribution is 0.103. The predicted octanol–water partition coefficient (Wildman–Crippen LogP) is 3.36. The molecular weight excluding hydrogens is 274 g/mol. The molecule has 1 aromatic carbocycles. The fraction of sp³-hybridized carbons (Fsp3) is 0.0714. The van der Waals surface area contributed by atoms with Crippen molar-refractivity contribution in [2.75, 3.05) is 5.32 Å². The highest BCUT2D eigenvalue weighted by atomic mass is 32.1. The summed E-state index contributed by atoms with van der Waals surface area (Å²) in [5, 5.41) is 12.3. The second kappa shape index (κ2) is 5.26. The molecule has 0 radical (unpaired) electrons. The van der Waals surface area contributed by atoms with Crippen LogP contribution in [0.4, 0.5) is 5.69 Å². The number of amides is 1. The molecule has 0 unspecified atom stereocenters. The first-order chi connectivity index (χ1) is 9.74. The third-order valence-electron chi connectivity index (χ3n) is 2.80. The molecule has 0 fully saturated rings. The normalized spacial score (nSPS) is 10.4. The summed E-state index contributed by atoms with van der Waals surface area (Å²) in [6, 6.07) is 9.22. The molecule has 1 N–H and O–H groups in total. The van der Waals surface area contributed by atoms with E-state index in [1.54, 1.807) is 6.07 Å². The molecule has 0 aliphatic rings. The van der Waals surface area contributed by atoms with E-state index in [0.717, 1.165) is 11.1 Å². The monoisotopic (exact) mass is 285 g/mol. The number of carbonyl (C=O) groups is 1. The average Bonchev–Trinajstić information content (AvgIpc) is 3.09. The number of aromatic nitrogens is 2. The van der Waals surface area contributed by atoms with Crippen molar-refractivity contribution in [3.8, 4) is 11.5 Å². The maximum absolute atomic E-state index is 12.1. The summed E-state index contributed by atoms with van der Waals surface area (Å²) in [4.78, 5) is 12.9. The van der Waals surface area contributed by atoms with Gasteiger partial charge < -0.3 is 9.73 Å². The van der Waals surface area contributed by atoms with Crippen LogP contribution in [0.15, 0.2) is 46.5 Å². The van der Waals surface area contributed by atoms with Gasteiger partial charge in [-0.15, -0.1) is 21.5 Å². The molecule has 0 saturated carbocycles. The molecule has 0 saturated heterocycles. The second-order valence-electron chi connectivity index (χ2n) is 4.21. The van der Waals surface area contributed by atoms with Gasteiger partial charge in [-0.25, -0.2) is 0 Å². The van der Waals surface area contributed by atoms with Crippen molar-refractivity contribution in [3.63, 3.8) is 0 Å². The Morgan fingerprint density at radius 1 is 1.35 bits per heavy atom. The van der Waals surface area contributed by atoms with Crippen molar-refractivity contribution in [2.24, 2.45) is 0 Å². The zero-order valence-corrected chi connectivity index (χ0v) is 11.5. The van der Waals surface area contributed by atoms with E-state index < -0.39 is 0 Å². The molecule has 0 bridgehead atoms. The number of carbonyl (C=O) groups excluding carboxylic acids is 1. The van der Waals surface area contributed by atoms with E-state index in [9.17, 15) is 4.79 Å². The van der Waals surface area contributed by atoms with E-state index in [1.165, 1.54) is 17.7 Å². The standard InChI is InChI=1S/C14H11N3O2S/c1-9-5-6-20-12(9)13(18)16-11-4-2-3-10(7-11)14-17-15-8-19-14/h2-8H,1H3,(H,16,18). The summed E-state index contributed by atoms with van der Waals surface area (Å²) in [6.07, 6.45) is 1.27. The Hall–Kier alpha value is -2.47. The molecule has 3 aromatic rings. The number of thiophene rings is 1. The van der Waals surface area contributed by atoms with Crippen LogP contribution in [0, 0.1) is 6.92 Å². The van der Waals surface area contributed by atoms with Crippen LogP contribution in [0.3, 0.4) is 0 Å². The Balaban J connectivity index is 1.83. The zero-order chi connectivity index (χ0) is 13.9. The molecule has 5 nitrogen and oxygen atoms in total. The van der Waals surface area contributed by atoms with E-state index >= 15 is 0 Å². The van der Waals surface area contributed by atoms with Crippen molar-refractivity contribution in [1.82, 2.24) is 10.2 Å². The van der Waals surface area contributed by atoms with Gasteiger partial charge >= 0.3 is 0 Å². The third kappa shape index (κ3) is 2.46. The molecule has 0 aliphatic carbocycles. The topological polar surface area (TPSA) is 68.0 Å². The first-order valence-corrected chi connectivity index (χ1v) is 6.84. The Morgan fingerprint density at radius 2 is 2.25 bits per heavy atom. The predicted molar refractivity (Wildman–Crippen MR) is 76.7 cm³/mol. The fourth-order valence-corrected chi connectivity index (χ4v) is 2.64. The molecule has 2 heterocycles. The summed E-state index contributed by atoms with van der Waals surface area (Å²) in [5.74, 6) is 0.314. The van der Waals surface area contributed by atoms with E-state index in [4.69, 9.17) is 4.42 Å². The lowest BCUT2D eigenvalue weighted by atomic mass is 10.2. The Morgan fingerprint density at radius 3 is 2.95 bits per heavy atom. The van der Waals surface area contributed by atoms with Crippen molar-refractivity contribution in [2.45, 2.75) is 6.92 Å². The highest BCUT2D eigenvalue weighted by Crippen LogP contribution is 2.22. The van der Waals surface area contributed by atoms with Crippen LogP contribution in [-0.4, -0.2) is 16.1 Å². The van der Waals surface area contributed by atoms with Gasteiger partial charge in [-0.3, -0.25) is 4.79 Å². The van der Waals surface area contributed by atoms with Crippen molar-refractivity contribution >= 4 is 22.9 Å². The van der Waals surface area contributed by atoms with Gasteiger partial charge in [0.1, 0.15) is 0 Å². The number of rotatable bonds is 3. The zero-order valence-electron chi connectivity index (χ0n) is 10.7. The lowest BCUT2D eigenvalue weighted by Crippen LogP contribution is -2.11. The van der Waals surface area contributed by atoms with E-state index in [-0.39, 0.29) is 5.91 Å². The first-order valence-electron chi connectivity index (χ1n) is 5.96. The molecule has 0 atom stereocenters. The van der Waals surface area contributed by atoms with Crippen LogP contribution in [0.5, 0.6) is 0 Å². The lowest BCUT2D eigenvalue weighted by Gasteiger charge is -2.05. The van der Waals surface area contributed by atoms with Gasteiger partial charge in [0.15, 0.2) is 0 Å². The number of anilines is 1. The summed E-state index contributed by atoms with van der Waals surface area (Å²) < 4.78 is 5.14. The number of nitrogens with one attached hydrogen (secondary N) is 1. The number of aryl methyl sites for hydroxylation is 1. The van der Waals surface area contributed by atoms with Crippen molar-refractivity contribution in [1.29, 1.82) is 0 Å². The molecule has 20 heavy (non-hydrogen) atoms. The minimum atomic E-state index is -0.111. The van der Waals surface area contributed by atoms with Gasteiger partial charge in [-0.05, 0) is 42.1 Å². The van der Waals surface area contributed by atoms with Crippen LogP contribution in [0.2, 0.25) is 0 Å². The Labute approximate surface area is 119 Å². The summed E-state index contributed by atoms with van der Waals surface area (Å²) in [7, 11) is 0. The molecule has 100 valence electrons.